The average Bonchev–Trinajstić information content (AvgIpc) is 2.87. The number of hydrogen-bond donors (Lipinski definition) is 1. The van der Waals surface area contributed by atoms with E-state index in [0.717, 1.165) is 6.42 Å². The van der Waals surface area contributed by atoms with Gasteiger partial charge < -0.3 is 14.8 Å². The maximum Gasteiger partial charge on any atom is 0.264 e. The summed E-state index contributed by atoms with van der Waals surface area (Å²) in [5.41, 5.74) is 0.474. The Morgan fingerprint density at radius 3 is 2.61 bits per heavy atom. The molecule has 3 aliphatic rings. The number of para-hydroxylation sites is 2. The summed E-state index contributed by atoms with van der Waals surface area (Å²) in [5, 5.41) is 3.26. The number of amides is 1. The molecule has 1 amide bonds. The lowest BCUT2D eigenvalue weighted by Gasteiger charge is -2.40. The standard InChI is InChI=1S/C19H25NO3/c1-18(2)12-8-9-19(18,3)16(10-12)20-17(21)15-11-22-13-6-4-5-7-14(13)23-15/h4-7,12,15-16H,8-11H2,1-3H3,(H,20,21). The average molecular weight is 315 g/mol. The molecule has 4 heteroatoms. The van der Waals surface area contributed by atoms with Gasteiger partial charge in [-0.25, -0.2) is 0 Å². The molecule has 1 N–H and O–H groups in total. The smallest absolute Gasteiger partial charge is 0.264 e. The zero-order valence-corrected chi connectivity index (χ0v) is 14.1. The van der Waals surface area contributed by atoms with Crippen molar-refractivity contribution < 1.29 is 14.3 Å². The quantitative estimate of drug-likeness (QED) is 0.912. The van der Waals surface area contributed by atoms with Crippen LogP contribution in [0, 0.1) is 16.7 Å². The van der Waals surface area contributed by atoms with Crippen molar-refractivity contribution in [1.82, 2.24) is 5.32 Å². The first kappa shape index (κ1) is 14.9. The number of carbonyl (C=O) groups excluding carboxylic acids is 1. The fraction of sp³-hybridized carbons (Fsp3) is 0.632. The molecule has 23 heavy (non-hydrogen) atoms. The predicted molar refractivity (Wildman–Crippen MR) is 87.5 cm³/mol. The molecule has 4 nitrogen and oxygen atoms in total. The fourth-order valence-electron chi connectivity index (χ4n) is 4.84. The predicted octanol–water partition coefficient (Wildman–Crippen LogP) is 3.16. The van der Waals surface area contributed by atoms with E-state index in [9.17, 15) is 4.79 Å². The third kappa shape index (κ3) is 2.07. The Hall–Kier alpha value is -1.71. The SMILES string of the molecule is CC1(C)C2CCC1(C)C(NC(=O)C1COc3ccccc3O1)C2. The van der Waals surface area contributed by atoms with Gasteiger partial charge in [-0.2, -0.15) is 0 Å². The van der Waals surface area contributed by atoms with Crippen LogP contribution in [0.15, 0.2) is 24.3 Å². The van der Waals surface area contributed by atoms with Crippen LogP contribution in [-0.2, 0) is 4.79 Å². The van der Waals surface area contributed by atoms with E-state index in [1.165, 1.54) is 12.8 Å². The van der Waals surface area contributed by atoms with Gasteiger partial charge in [-0.15, -0.1) is 0 Å². The third-order valence-corrected chi connectivity index (χ3v) is 6.91. The molecule has 2 fully saturated rings. The highest BCUT2D eigenvalue weighted by Crippen LogP contribution is 2.65. The van der Waals surface area contributed by atoms with Crippen molar-refractivity contribution in [2.24, 2.45) is 16.7 Å². The van der Waals surface area contributed by atoms with Gasteiger partial charge in [-0.1, -0.05) is 32.9 Å². The number of benzene rings is 1. The monoisotopic (exact) mass is 315 g/mol. The Morgan fingerprint density at radius 1 is 1.22 bits per heavy atom. The summed E-state index contributed by atoms with van der Waals surface area (Å²) in [4.78, 5) is 12.7. The molecule has 2 bridgehead atoms. The minimum atomic E-state index is -0.560. The number of nitrogens with one attached hydrogen (secondary N) is 1. The second kappa shape index (κ2) is 4.89. The third-order valence-electron chi connectivity index (χ3n) is 6.91. The van der Waals surface area contributed by atoms with Gasteiger partial charge in [0.15, 0.2) is 11.5 Å². The molecule has 4 rings (SSSR count). The highest BCUT2D eigenvalue weighted by atomic mass is 16.6. The lowest BCUT2D eigenvalue weighted by molar-refractivity contribution is -0.132. The van der Waals surface area contributed by atoms with Crippen LogP contribution in [-0.4, -0.2) is 24.7 Å². The first-order chi connectivity index (χ1) is 10.9. The van der Waals surface area contributed by atoms with E-state index < -0.39 is 6.10 Å². The van der Waals surface area contributed by atoms with Gasteiger partial charge in [0.1, 0.15) is 6.61 Å². The van der Waals surface area contributed by atoms with Gasteiger partial charge in [0.2, 0.25) is 6.10 Å². The van der Waals surface area contributed by atoms with Crippen LogP contribution in [0.1, 0.15) is 40.0 Å². The van der Waals surface area contributed by atoms with Gasteiger partial charge in [0.05, 0.1) is 0 Å². The molecule has 4 atom stereocenters. The molecular weight excluding hydrogens is 290 g/mol. The number of ether oxygens (including phenoxy) is 2. The van der Waals surface area contributed by atoms with Crippen molar-refractivity contribution in [3.63, 3.8) is 0 Å². The number of hydrogen-bond acceptors (Lipinski definition) is 3. The maximum atomic E-state index is 12.7. The van der Waals surface area contributed by atoms with Crippen molar-refractivity contribution >= 4 is 5.91 Å². The second-order valence-corrected chi connectivity index (χ2v) is 8.04. The first-order valence-corrected chi connectivity index (χ1v) is 8.61. The fourth-order valence-corrected chi connectivity index (χ4v) is 4.84. The molecule has 0 aromatic heterocycles. The van der Waals surface area contributed by atoms with Gasteiger partial charge in [0, 0.05) is 6.04 Å². The van der Waals surface area contributed by atoms with E-state index in [4.69, 9.17) is 9.47 Å². The van der Waals surface area contributed by atoms with Gasteiger partial charge in [-0.3, -0.25) is 4.79 Å². The Balaban J connectivity index is 1.46. The number of rotatable bonds is 2. The second-order valence-electron chi connectivity index (χ2n) is 8.04. The van der Waals surface area contributed by atoms with Crippen molar-refractivity contribution in [3.8, 4) is 11.5 Å². The molecule has 124 valence electrons. The topological polar surface area (TPSA) is 47.6 Å². The van der Waals surface area contributed by atoms with Gasteiger partial charge in [-0.05, 0) is 48.1 Å². The summed E-state index contributed by atoms with van der Waals surface area (Å²) in [6.07, 6.45) is 3.00. The first-order valence-electron chi connectivity index (χ1n) is 8.61. The summed E-state index contributed by atoms with van der Waals surface area (Å²) >= 11 is 0. The summed E-state index contributed by atoms with van der Waals surface area (Å²) < 4.78 is 11.5. The lowest BCUT2D eigenvalue weighted by Crippen LogP contribution is -2.52. The molecule has 2 aliphatic carbocycles. The van der Waals surface area contributed by atoms with E-state index in [2.05, 4.69) is 26.1 Å². The Bertz CT molecular complexity index is 641. The highest BCUT2D eigenvalue weighted by Gasteiger charge is 2.61. The largest absolute Gasteiger partial charge is 0.485 e. The molecule has 4 unspecified atom stereocenters. The van der Waals surface area contributed by atoms with E-state index in [1.54, 1.807) is 0 Å². The lowest BCUT2D eigenvalue weighted by atomic mass is 9.69. The van der Waals surface area contributed by atoms with Crippen molar-refractivity contribution in [2.75, 3.05) is 6.61 Å². The Labute approximate surface area is 137 Å². The highest BCUT2D eigenvalue weighted by molar-refractivity contribution is 5.82. The molecule has 2 saturated carbocycles. The summed E-state index contributed by atoms with van der Waals surface area (Å²) in [7, 11) is 0. The number of fused-ring (bicyclic) bond motifs is 3. The van der Waals surface area contributed by atoms with Crippen LogP contribution in [0.25, 0.3) is 0 Å². The molecular formula is C19H25NO3. The molecule has 0 spiro atoms. The Morgan fingerprint density at radius 2 is 1.96 bits per heavy atom. The summed E-state index contributed by atoms with van der Waals surface area (Å²) in [6, 6.07) is 7.74. The van der Waals surface area contributed by atoms with Crippen LogP contribution < -0.4 is 14.8 Å². The van der Waals surface area contributed by atoms with Crippen molar-refractivity contribution in [2.45, 2.75) is 52.2 Å². The number of carbonyl (C=O) groups is 1. The molecule has 1 aromatic rings. The van der Waals surface area contributed by atoms with E-state index >= 15 is 0 Å². The van der Waals surface area contributed by atoms with Crippen LogP contribution in [0.4, 0.5) is 0 Å². The molecule has 1 aliphatic heterocycles. The van der Waals surface area contributed by atoms with Crippen molar-refractivity contribution in [3.05, 3.63) is 24.3 Å². The van der Waals surface area contributed by atoms with Crippen LogP contribution in [0.5, 0.6) is 11.5 Å². The zero-order chi connectivity index (χ0) is 16.2. The minimum absolute atomic E-state index is 0.0471. The normalized spacial score (nSPS) is 36.7. The zero-order valence-electron chi connectivity index (χ0n) is 14.1. The van der Waals surface area contributed by atoms with E-state index in [1.807, 2.05) is 24.3 Å². The van der Waals surface area contributed by atoms with Gasteiger partial charge >= 0.3 is 0 Å². The maximum absolute atomic E-state index is 12.7. The summed E-state index contributed by atoms with van der Waals surface area (Å²) in [5.74, 6) is 2.03. The summed E-state index contributed by atoms with van der Waals surface area (Å²) in [6.45, 7) is 7.32. The molecule has 1 heterocycles. The van der Waals surface area contributed by atoms with Crippen LogP contribution >= 0.6 is 0 Å². The van der Waals surface area contributed by atoms with Crippen LogP contribution in [0.3, 0.4) is 0 Å². The van der Waals surface area contributed by atoms with Crippen molar-refractivity contribution in [1.29, 1.82) is 0 Å². The van der Waals surface area contributed by atoms with Crippen LogP contribution in [0.2, 0.25) is 0 Å². The molecule has 1 aromatic carbocycles. The minimum Gasteiger partial charge on any atom is -0.485 e. The van der Waals surface area contributed by atoms with Gasteiger partial charge in [0.25, 0.3) is 5.91 Å². The Kier molecular flexibility index (Phi) is 3.16. The van der Waals surface area contributed by atoms with E-state index in [-0.39, 0.29) is 24.0 Å². The molecule has 0 saturated heterocycles. The molecule has 0 radical (unpaired) electrons. The van der Waals surface area contributed by atoms with E-state index in [0.29, 0.717) is 22.8 Å².